The van der Waals surface area contributed by atoms with E-state index in [-0.39, 0.29) is 6.61 Å². The van der Waals surface area contributed by atoms with E-state index in [4.69, 9.17) is 9.47 Å². The summed E-state index contributed by atoms with van der Waals surface area (Å²) >= 11 is 1.51. The molecule has 0 N–H and O–H groups in total. The third kappa shape index (κ3) is 7.97. The van der Waals surface area contributed by atoms with Crippen molar-refractivity contribution in [2.45, 2.75) is 22.4 Å². The van der Waals surface area contributed by atoms with Gasteiger partial charge in [-0.2, -0.15) is 13.2 Å². The van der Waals surface area contributed by atoms with Gasteiger partial charge in [0.1, 0.15) is 12.4 Å². The Bertz CT molecular complexity index is 1710. The number of halogens is 3. The highest BCUT2D eigenvalue weighted by Gasteiger charge is 2.33. The highest BCUT2D eigenvalue weighted by molar-refractivity contribution is 7.99. The van der Waals surface area contributed by atoms with Crippen molar-refractivity contribution < 1.29 is 27.4 Å². The van der Waals surface area contributed by atoms with Gasteiger partial charge in [-0.25, -0.2) is 4.79 Å². The number of hydrogen-bond donors (Lipinski definition) is 0. The monoisotopic (exact) mass is 664 g/mol. The molecule has 0 aromatic heterocycles. The number of alkyl halides is 3. The van der Waals surface area contributed by atoms with Crippen LogP contribution >= 0.6 is 11.8 Å². The molecule has 0 atom stereocenters. The van der Waals surface area contributed by atoms with Crippen molar-refractivity contribution in [3.63, 3.8) is 0 Å². The van der Waals surface area contributed by atoms with Crippen molar-refractivity contribution in [3.8, 4) is 5.75 Å². The normalized spacial score (nSPS) is 15.3. The van der Waals surface area contributed by atoms with Gasteiger partial charge in [0.2, 0.25) is 0 Å². The van der Waals surface area contributed by atoms with E-state index in [2.05, 4.69) is 9.80 Å². The zero-order chi connectivity index (χ0) is 33.0. The number of nitrogens with zero attached hydrogens (tertiary/aromatic N) is 4. The number of hydrogen-bond acceptors (Lipinski definition) is 8. The molecule has 47 heavy (non-hydrogen) atoms. The van der Waals surface area contributed by atoms with Gasteiger partial charge < -0.3 is 24.2 Å². The Morgan fingerprint density at radius 1 is 0.809 bits per heavy atom. The molecule has 4 aromatic carbocycles. The predicted molar refractivity (Wildman–Crippen MR) is 181 cm³/mol. The lowest BCUT2D eigenvalue weighted by Gasteiger charge is -2.36. The van der Waals surface area contributed by atoms with Gasteiger partial charge in [0, 0.05) is 63.2 Å². The molecule has 6 rings (SSSR count). The van der Waals surface area contributed by atoms with Crippen LogP contribution in [0.2, 0.25) is 0 Å². The first-order chi connectivity index (χ1) is 22.7. The number of esters is 1. The Morgan fingerprint density at radius 3 is 2.19 bits per heavy atom. The van der Waals surface area contributed by atoms with Crippen molar-refractivity contribution in [2.24, 2.45) is 0 Å². The average Bonchev–Trinajstić information content (AvgIpc) is 3.06. The van der Waals surface area contributed by atoms with Crippen molar-refractivity contribution in [2.75, 3.05) is 82.9 Å². The van der Waals surface area contributed by atoms with Crippen LogP contribution < -0.4 is 14.5 Å². The van der Waals surface area contributed by atoms with Gasteiger partial charge in [0.25, 0.3) is 0 Å². The van der Waals surface area contributed by atoms with Crippen molar-refractivity contribution in [3.05, 3.63) is 84.4 Å². The summed E-state index contributed by atoms with van der Waals surface area (Å²) in [6, 6.07) is 23.9. The molecule has 248 valence electrons. The summed E-state index contributed by atoms with van der Waals surface area (Å²) in [6.45, 7) is 5.75. The molecular formula is C36H39F3N4O3S. The predicted octanol–water partition coefficient (Wildman–Crippen LogP) is 7.16. The minimum absolute atomic E-state index is 0.158. The second-order valence-corrected chi connectivity index (χ2v) is 13.1. The number of fused-ring (bicyclic) bond motifs is 3. The number of para-hydroxylation sites is 1. The number of anilines is 3. The van der Waals surface area contributed by atoms with E-state index in [0.717, 1.165) is 71.1 Å². The standard InChI is InChI=1S/C36H39F3N4O3S/c1-40(2)30-22-26-8-3-4-9-27(26)23-32(30)46-25-35(44)45-21-20-42-18-16-41(17-19-42)14-7-15-43-29-10-5-6-11-33(29)47-34-13-12-28(24-31(34)43)36(37,38)39/h3-6,8-13,22-24H,7,14-21,25H2,1-2H3. The number of piperazine rings is 1. The average molecular weight is 665 g/mol. The zero-order valence-electron chi connectivity index (χ0n) is 26.6. The van der Waals surface area contributed by atoms with E-state index in [1.165, 1.54) is 23.9 Å². The summed E-state index contributed by atoms with van der Waals surface area (Å²) in [7, 11) is 3.88. The summed E-state index contributed by atoms with van der Waals surface area (Å²) in [6.07, 6.45) is -3.57. The van der Waals surface area contributed by atoms with Gasteiger partial charge in [-0.05, 0) is 66.2 Å². The molecule has 0 saturated carbocycles. The topological polar surface area (TPSA) is 48.5 Å². The molecule has 2 aliphatic heterocycles. The first-order valence-electron chi connectivity index (χ1n) is 15.8. The molecule has 2 heterocycles. The van der Waals surface area contributed by atoms with Crippen molar-refractivity contribution in [1.29, 1.82) is 0 Å². The maximum absolute atomic E-state index is 13.5. The maximum Gasteiger partial charge on any atom is 0.416 e. The van der Waals surface area contributed by atoms with Crippen molar-refractivity contribution >= 4 is 45.6 Å². The van der Waals surface area contributed by atoms with Crippen LogP contribution in [0.5, 0.6) is 5.75 Å². The van der Waals surface area contributed by atoms with E-state index >= 15 is 0 Å². The molecule has 0 bridgehead atoms. The Labute approximate surface area is 277 Å². The lowest BCUT2D eigenvalue weighted by molar-refractivity contribution is -0.146. The highest BCUT2D eigenvalue weighted by Crippen LogP contribution is 2.49. The smallest absolute Gasteiger partial charge is 0.416 e. The first-order valence-corrected chi connectivity index (χ1v) is 16.7. The van der Waals surface area contributed by atoms with Gasteiger partial charge in [-0.1, -0.05) is 48.2 Å². The van der Waals surface area contributed by atoms with Crippen LogP contribution in [0.25, 0.3) is 10.8 Å². The molecule has 0 amide bonds. The van der Waals surface area contributed by atoms with E-state index < -0.39 is 17.7 Å². The minimum Gasteiger partial charge on any atom is -0.480 e. The fourth-order valence-corrected chi connectivity index (χ4v) is 7.15. The number of carbonyl (C=O) groups is 1. The molecule has 0 radical (unpaired) electrons. The molecule has 0 spiro atoms. The molecule has 11 heteroatoms. The summed E-state index contributed by atoms with van der Waals surface area (Å²) in [4.78, 5) is 23.0. The summed E-state index contributed by atoms with van der Waals surface area (Å²) in [5, 5.41) is 2.15. The van der Waals surface area contributed by atoms with E-state index in [1.54, 1.807) is 6.07 Å². The van der Waals surface area contributed by atoms with Crippen LogP contribution in [0.15, 0.2) is 88.7 Å². The van der Waals surface area contributed by atoms with E-state index in [9.17, 15) is 18.0 Å². The highest BCUT2D eigenvalue weighted by atomic mass is 32.2. The molecule has 0 aliphatic carbocycles. The molecule has 0 unspecified atom stereocenters. The van der Waals surface area contributed by atoms with Gasteiger partial charge >= 0.3 is 12.1 Å². The minimum atomic E-state index is -4.39. The fraction of sp³-hybridized carbons (Fsp3) is 0.361. The molecule has 2 aliphatic rings. The Morgan fingerprint density at radius 2 is 1.47 bits per heavy atom. The van der Waals surface area contributed by atoms with Crippen LogP contribution in [-0.2, 0) is 15.7 Å². The lowest BCUT2D eigenvalue weighted by Crippen LogP contribution is -2.47. The SMILES string of the molecule is CN(C)c1cc2ccccc2cc1OCC(=O)OCCN1CCN(CCCN2c3ccccc3Sc3ccc(C(F)(F)F)cc32)CC1. The lowest BCUT2D eigenvalue weighted by atomic mass is 10.1. The van der Waals surface area contributed by atoms with Crippen molar-refractivity contribution in [1.82, 2.24) is 9.80 Å². The second kappa shape index (κ2) is 14.5. The largest absolute Gasteiger partial charge is 0.480 e. The van der Waals surface area contributed by atoms with Gasteiger partial charge in [-0.15, -0.1) is 0 Å². The quantitative estimate of drug-likeness (QED) is 0.157. The maximum atomic E-state index is 13.5. The molecule has 4 aromatic rings. The molecule has 1 fully saturated rings. The molecule has 7 nitrogen and oxygen atoms in total. The summed E-state index contributed by atoms with van der Waals surface area (Å²) in [5.41, 5.74) is 1.83. The van der Waals surface area contributed by atoms with E-state index in [1.807, 2.05) is 84.6 Å². The first kappa shape index (κ1) is 33.0. The van der Waals surface area contributed by atoms with Crippen LogP contribution in [0.3, 0.4) is 0 Å². The summed E-state index contributed by atoms with van der Waals surface area (Å²) < 4.78 is 52.0. The van der Waals surface area contributed by atoms with Crippen LogP contribution in [0.4, 0.5) is 30.2 Å². The fourth-order valence-electron chi connectivity index (χ4n) is 6.07. The van der Waals surface area contributed by atoms with Crippen LogP contribution in [0, 0.1) is 0 Å². The third-order valence-electron chi connectivity index (χ3n) is 8.60. The number of benzene rings is 4. The zero-order valence-corrected chi connectivity index (χ0v) is 27.4. The van der Waals surface area contributed by atoms with Crippen LogP contribution in [-0.4, -0.2) is 88.9 Å². The Balaban J connectivity index is 0.939. The van der Waals surface area contributed by atoms with Crippen LogP contribution in [0.1, 0.15) is 12.0 Å². The second-order valence-electron chi connectivity index (χ2n) is 12.0. The van der Waals surface area contributed by atoms with E-state index in [0.29, 0.717) is 31.1 Å². The van der Waals surface area contributed by atoms with Gasteiger partial charge in [0.15, 0.2) is 6.61 Å². The van der Waals surface area contributed by atoms with Gasteiger partial charge in [0.05, 0.1) is 22.6 Å². The van der Waals surface area contributed by atoms with Gasteiger partial charge in [-0.3, -0.25) is 4.90 Å². The third-order valence-corrected chi connectivity index (χ3v) is 9.73. The molecule has 1 saturated heterocycles. The number of ether oxygens (including phenoxy) is 2. The Hall–Kier alpha value is -3.93. The number of carbonyl (C=O) groups excluding carboxylic acids is 1. The number of rotatable bonds is 11. The summed E-state index contributed by atoms with van der Waals surface area (Å²) in [5.74, 6) is 0.239. The molecular weight excluding hydrogens is 625 g/mol. The Kier molecular flexibility index (Phi) is 10.1.